The minimum atomic E-state index is 0.726. The van der Waals surface area contributed by atoms with Gasteiger partial charge in [-0.15, -0.1) is 0 Å². The van der Waals surface area contributed by atoms with Gasteiger partial charge in [-0.25, -0.2) is 4.68 Å². The Labute approximate surface area is 92.1 Å². The van der Waals surface area contributed by atoms with Crippen LogP contribution >= 0.6 is 23.8 Å². The van der Waals surface area contributed by atoms with E-state index < -0.39 is 0 Å². The Hall–Kier alpha value is -1.06. The first kappa shape index (κ1) is 9.49. The van der Waals surface area contributed by atoms with Crippen molar-refractivity contribution in [3.63, 3.8) is 0 Å². The summed E-state index contributed by atoms with van der Waals surface area (Å²) in [6.07, 6.45) is 0. The lowest BCUT2D eigenvalue weighted by Crippen LogP contribution is -1.95. The van der Waals surface area contributed by atoms with Crippen molar-refractivity contribution in [3.05, 3.63) is 45.7 Å². The second-order valence-electron chi connectivity index (χ2n) is 3.09. The number of aromatic nitrogens is 2. The van der Waals surface area contributed by atoms with Crippen molar-refractivity contribution in [1.29, 1.82) is 0 Å². The van der Waals surface area contributed by atoms with Crippen LogP contribution in [0.4, 0.5) is 0 Å². The summed E-state index contributed by atoms with van der Waals surface area (Å²) in [5, 5.41) is 3.87. The standard InChI is InChI=1S/C10H9ClN2S/c1-7-6-10(14)13(12-7)9-4-2-8(11)3-5-9/h2-6,12H,1H3. The number of halogens is 1. The van der Waals surface area contributed by atoms with Crippen LogP contribution in [0.5, 0.6) is 0 Å². The van der Waals surface area contributed by atoms with E-state index in [1.807, 2.05) is 41.9 Å². The number of rotatable bonds is 1. The van der Waals surface area contributed by atoms with Crippen LogP contribution in [0.1, 0.15) is 5.69 Å². The highest BCUT2D eigenvalue weighted by atomic mass is 35.5. The van der Waals surface area contributed by atoms with Crippen molar-refractivity contribution in [2.24, 2.45) is 0 Å². The smallest absolute Gasteiger partial charge is 0.127 e. The van der Waals surface area contributed by atoms with E-state index in [4.69, 9.17) is 23.8 Å². The summed E-state index contributed by atoms with van der Waals surface area (Å²) in [4.78, 5) is 0. The maximum Gasteiger partial charge on any atom is 0.127 e. The monoisotopic (exact) mass is 224 g/mol. The molecule has 0 fully saturated rings. The van der Waals surface area contributed by atoms with Gasteiger partial charge in [-0.1, -0.05) is 23.8 Å². The number of nitrogens with one attached hydrogen (secondary N) is 1. The molecule has 0 aliphatic rings. The summed E-state index contributed by atoms with van der Waals surface area (Å²) in [5.41, 5.74) is 2.04. The number of nitrogens with zero attached hydrogens (tertiary/aromatic N) is 1. The van der Waals surface area contributed by atoms with Crippen molar-refractivity contribution < 1.29 is 0 Å². The lowest BCUT2D eigenvalue weighted by atomic mass is 10.3. The molecule has 2 rings (SSSR count). The normalized spacial score (nSPS) is 10.4. The first-order valence-electron chi connectivity index (χ1n) is 4.21. The van der Waals surface area contributed by atoms with Crippen LogP contribution in [0.3, 0.4) is 0 Å². The molecule has 0 atom stereocenters. The second kappa shape index (κ2) is 3.59. The highest BCUT2D eigenvalue weighted by Crippen LogP contribution is 2.13. The van der Waals surface area contributed by atoms with E-state index >= 15 is 0 Å². The summed E-state index contributed by atoms with van der Waals surface area (Å²) in [7, 11) is 0. The molecule has 1 N–H and O–H groups in total. The van der Waals surface area contributed by atoms with Gasteiger partial charge in [0.25, 0.3) is 0 Å². The van der Waals surface area contributed by atoms with Crippen molar-refractivity contribution in [3.8, 4) is 5.69 Å². The van der Waals surface area contributed by atoms with Crippen LogP contribution in [0.25, 0.3) is 5.69 Å². The quantitative estimate of drug-likeness (QED) is 0.736. The molecule has 0 saturated heterocycles. The molecule has 2 nitrogen and oxygen atoms in total. The number of aryl methyl sites for hydroxylation is 1. The molecule has 1 heterocycles. The first-order chi connectivity index (χ1) is 6.66. The van der Waals surface area contributed by atoms with Gasteiger partial charge in [0.05, 0.1) is 5.69 Å². The summed E-state index contributed by atoms with van der Waals surface area (Å²) >= 11 is 11.0. The van der Waals surface area contributed by atoms with E-state index in [0.29, 0.717) is 0 Å². The topological polar surface area (TPSA) is 20.7 Å². The van der Waals surface area contributed by atoms with E-state index in [1.165, 1.54) is 0 Å². The maximum atomic E-state index is 5.80. The van der Waals surface area contributed by atoms with Crippen LogP contribution in [0.15, 0.2) is 30.3 Å². The molecule has 0 bridgehead atoms. The van der Waals surface area contributed by atoms with E-state index in [2.05, 4.69) is 5.10 Å². The van der Waals surface area contributed by atoms with E-state index in [9.17, 15) is 0 Å². The van der Waals surface area contributed by atoms with Crippen LogP contribution < -0.4 is 0 Å². The summed E-state index contributed by atoms with van der Waals surface area (Å²) < 4.78 is 2.62. The van der Waals surface area contributed by atoms with Crippen molar-refractivity contribution in [2.75, 3.05) is 0 Å². The fourth-order valence-electron chi connectivity index (χ4n) is 1.30. The highest BCUT2D eigenvalue weighted by molar-refractivity contribution is 7.71. The third kappa shape index (κ3) is 1.74. The van der Waals surface area contributed by atoms with E-state index in [-0.39, 0.29) is 0 Å². The van der Waals surface area contributed by atoms with Gasteiger partial charge in [-0.2, -0.15) is 0 Å². The first-order valence-corrected chi connectivity index (χ1v) is 5.00. The Bertz CT molecular complexity index is 496. The molecular weight excluding hydrogens is 216 g/mol. The Balaban J connectivity index is 2.54. The van der Waals surface area contributed by atoms with Crippen LogP contribution in [-0.4, -0.2) is 9.78 Å². The Morgan fingerprint density at radius 2 is 1.93 bits per heavy atom. The van der Waals surface area contributed by atoms with Crippen LogP contribution in [0, 0.1) is 11.6 Å². The number of benzene rings is 1. The van der Waals surface area contributed by atoms with Gasteiger partial charge in [-0.3, -0.25) is 5.10 Å². The van der Waals surface area contributed by atoms with Gasteiger partial charge >= 0.3 is 0 Å². The average molecular weight is 225 g/mol. The molecule has 72 valence electrons. The summed E-state index contributed by atoms with van der Waals surface area (Å²) in [6, 6.07) is 9.45. The molecule has 0 radical (unpaired) electrons. The molecule has 1 aromatic carbocycles. The molecule has 0 saturated carbocycles. The minimum Gasteiger partial charge on any atom is -0.297 e. The molecule has 0 aliphatic heterocycles. The molecule has 0 unspecified atom stereocenters. The number of hydrogen-bond acceptors (Lipinski definition) is 1. The molecule has 4 heteroatoms. The van der Waals surface area contributed by atoms with Crippen LogP contribution in [-0.2, 0) is 0 Å². The van der Waals surface area contributed by atoms with Gasteiger partial charge in [0.2, 0.25) is 0 Å². The van der Waals surface area contributed by atoms with Gasteiger partial charge < -0.3 is 0 Å². The van der Waals surface area contributed by atoms with Crippen LogP contribution in [0.2, 0.25) is 5.02 Å². The fraction of sp³-hybridized carbons (Fsp3) is 0.100. The van der Waals surface area contributed by atoms with Gasteiger partial charge in [0, 0.05) is 10.7 Å². The Kier molecular flexibility index (Phi) is 2.44. The minimum absolute atomic E-state index is 0.726. The number of H-pyrrole nitrogens is 1. The third-order valence-electron chi connectivity index (χ3n) is 1.93. The molecule has 2 aromatic rings. The number of hydrogen-bond donors (Lipinski definition) is 1. The van der Waals surface area contributed by atoms with Gasteiger partial charge in [-0.05, 0) is 37.3 Å². The number of aromatic amines is 1. The maximum absolute atomic E-state index is 5.80. The predicted molar refractivity (Wildman–Crippen MR) is 60.7 cm³/mol. The zero-order valence-electron chi connectivity index (χ0n) is 7.62. The van der Waals surface area contributed by atoms with E-state index in [0.717, 1.165) is 21.0 Å². The van der Waals surface area contributed by atoms with Gasteiger partial charge in [0.15, 0.2) is 0 Å². The molecule has 0 spiro atoms. The molecule has 0 aliphatic carbocycles. The highest BCUT2D eigenvalue weighted by Gasteiger charge is 1.98. The van der Waals surface area contributed by atoms with Crippen molar-refractivity contribution in [2.45, 2.75) is 6.92 Å². The lowest BCUT2D eigenvalue weighted by molar-refractivity contribution is 0.853. The Morgan fingerprint density at radius 1 is 1.29 bits per heavy atom. The predicted octanol–water partition coefficient (Wildman–Crippen LogP) is 3.50. The zero-order chi connectivity index (χ0) is 10.1. The van der Waals surface area contributed by atoms with E-state index in [1.54, 1.807) is 0 Å². The molecule has 14 heavy (non-hydrogen) atoms. The molecule has 1 aromatic heterocycles. The average Bonchev–Trinajstić information content (AvgIpc) is 2.47. The van der Waals surface area contributed by atoms with Gasteiger partial charge in [0.1, 0.15) is 4.64 Å². The fourth-order valence-corrected chi connectivity index (χ4v) is 1.75. The lowest BCUT2D eigenvalue weighted by Gasteiger charge is -2.02. The van der Waals surface area contributed by atoms with Crippen molar-refractivity contribution in [1.82, 2.24) is 9.78 Å². The largest absolute Gasteiger partial charge is 0.297 e. The third-order valence-corrected chi connectivity index (χ3v) is 2.49. The zero-order valence-corrected chi connectivity index (χ0v) is 9.19. The Morgan fingerprint density at radius 3 is 2.43 bits per heavy atom. The molecular formula is C10H9ClN2S. The SMILES string of the molecule is Cc1cc(=S)n(-c2ccc(Cl)cc2)[nH]1. The van der Waals surface area contributed by atoms with Crippen molar-refractivity contribution >= 4 is 23.8 Å². The summed E-state index contributed by atoms with van der Waals surface area (Å²) in [5.74, 6) is 0. The summed E-state index contributed by atoms with van der Waals surface area (Å²) in [6.45, 7) is 1.97. The molecule has 0 amide bonds. The second-order valence-corrected chi connectivity index (χ2v) is 3.94.